The Labute approximate surface area is 287 Å². The van der Waals surface area contributed by atoms with Gasteiger partial charge in [0.15, 0.2) is 17.3 Å². The number of likely N-dealkylation sites (tertiary alicyclic amines) is 1. The van der Waals surface area contributed by atoms with E-state index >= 15 is 0 Å². The van der Waals surface area contributed by atoms with Gasteiger partial charge >= 0.3 is 6.03 Å². The third-order valence-electron chi connectivity index (χ3n) is 10.1. The maximum atomic E-state index is 13.4. The minimum absolute atomic E-state index is 0.0782. The van der Waals surface area contributed by atoms with E-state index in [-0.39, 0.29) is 46.7 Å². The van der Waals surface area contributed by atoms with Gasteiger partial charge in [-0.1, -0.05) is 52.0 Å². The number of urea groups is 1. The van der Waals surface area contributed by atoms with Crippen LogP contribution in [-0.4, -0.2) is 74.1 Å². The van der Waals surface area contributed by atoms with Gasteiger partial charge in [-0.3, -0.25) is 19.4 Å². The molecule has 2 amide bonds. The maximum absolute atomic E-state index is 13.4. The van der Waals surface area contributed by atoms with Crippen LogP contribution >= 0.6 is 0 Å². The molecule has 0 spiro atoms. The summed E-state index contributed by atoms with van der Waals surface area (Å²) < 4.78 is 14.0. The average Bonchev–Trinajstić information content (AvgIpc) is 3.65. The lowest BCUT2D eigenvalue weighted by molar-refractivity contribution is -0.0294. The number of amides is 2. The summed E-state index contributed by atoms with van der Waals surface area (Å²) in [4.78, 5) is 38.0. The van der Waals surface area contributed by atoms with Crippen LogP contribution in [0.2, 0.25) is 0 Å². The van der Waals surface area contributed by atoms with Gasteiger partial charge in [0.25, 0.3) is 0 Å². The van der Waals surface area contributed by atoms with Crippen LogP contribution in [0.4, 0.5) is 10.6 Å². The number of Topliss-reactive ketones (excluding diaryl/α,β-unsaturated/α-hetero) is 1. The van der Waals surface area contributed by atoms with Crippen molar-refractivity contribution < 1.29 is 19.1 Å². The summed E-state index contributed by atoms with van der Waals surface area (Å²) in [7, 11) is 1.73. The van der Waals surface area contributed by atoms with Crippen molar-refractivity contribution in [3.63, 3.8) is 0 Å². The van der Waals surface area contributed by atoms with Gasteiger partial charge in [0.05, 0.1) is 24.0 Å². The smallest absolute Gasteiger partial charge is 0.320 e. The first-order valence-corrected chi connectivity index (χ1v) is 17.4. The van der Waals surface area contributed by atoms with Crippen molar-refractivity contribution in [2.75, 3.05) is 32.1 Å². The van der Waals surface area contributed by atoms with Crippen LogP contribution < -0.4 is 15.4 Å². The van der Waals surface area contributed by atoms with Gasteiger partial charge in [-0.25, -0.2) is 14.8 Å². The molecule has 258 valence electrons. The lowest BCUT2D eigenvalue weighted by Gasteiger charge is -2.38. The molecule has 7 rings (SSSR count). The monoisotopic (exact) mass is 666 g/mol. The quantitative estimate of drug-likeness (QED) is 0.187. The number of nitrogens with zero attached hydrogens (tertiary/aromatic N) is 6. The molecule has 12 heteroatoms. The Hall–Kier alpha value is -4.42. The number of rotatable bonds is 11. The molecular weight excluding hydrogens is 620 g/mol. The maximum Gasteiger partial charge on any atom is 0.320 e. The first-order chi connectivity index (χ1) is 23.5. The molecular formula is C37H46N8O4. The van der Waals surface area contributed by atoms with Crippen molar-refractivity contribution in [2.24, 2.45) is 0 Å². The largest absolute Gasteiger partial charge is 0.484 e. The lowest BCUT2D eigenvalue weighted by Crippen LogP contribution is -2.51. The molecule has 2 aliphatic carbocycles. The van der Waals surface area contributed by atoms with Crippen LogP contribution in [-0.2, 0) is 15.6 Å². The summed E-state index contributed by atoms with van der Waals surface area (Å²) in [6.45, 7) is 10.9. The Bertz CT molecular complexity index is 1860. The van der Waals surface area contributed by atoms with E-state index in [9.17, 15) is 9.59 Å². The third kappa shape index (κ3) is 7.16. The normalized spacial score (nSPS) is 20.3. The Morgan fingerprint density at radius 1 is 1.02 bits per heavy atom. The Kier molecular flexibility index (Phi) is 8.87. The van der Waals surface area contributed by atoms with Crippen molar-refractivity contribution in [3.05, 3.63) is 77.1 Å². The summed E-state index contributed by atoms with van der Waals surface area (Å²) in [6.07, 6.45) is 6.79. The van der Waals surface area contributed by atoms with E-state index in [2.05, 4.69) is 48.7 Å². The van der Waals surface area contributed by atoms with Crippen molar-refractivity contribution in [2.45, 2.75) is 95.3 Å². The minimum atomic E-state index is -0.388. The number of carbonyl (C=O) groups is 2. The highest BCUT2D eigenvalue weighted by Gasteiger charge is 2.43. The van der Waals surface area contributed by atoms with Crippen LogP contribution in [0.1, 0.15) is 112 Å². The van der Waals surface area contributed by atoms with Crippen molar-refractivity contribution in [3.8, 4) is 5.75 Å². The van der Waals surface area contributed by atoms with E-state index in [0.29, 0.717) is 30.8 Å². The molecule has 3 aromatic heterocycles. The minimum Gasteiger partial charge on any atom is -0.484 e. The van der Waals surface area contributed by atoms with Gasteiger partial charge in [0.1, 0.15) is 23.5 Å². The number of hydrogen-bond acceptors (Lipinski definition) is 9. The number of anilines is 1. The second-order valence-electron chi connectivity index (χ2n) is 15.0. The number of benzene rings is 1. The Balaban J connectivity index is 1.02. The number of aromatic nitrogens is 5. The third-order valence-corrected chi connectivity index (χ3v) is 10.1. The van der Waals surface area contributed by atoms with E-state index < -0.39 is 0 Å². The molecule has 2 fully saturated rings. The molecule has 49 heavy (non-hydrogen) atoms. The summed E-state index contributed by atoms with van der Waals surface area (Å²) in [5, 5.41) is 14.9. The molecule has 1 aromatic carbocycles. The van der Waals surface area contributed by atoms with Gasteiger partial charge in [-0.05, 0) is 61.9 Å². The van der Waals surface area contributed by atoms with Crippen LogP contribution in [0.3, 0.4) is 0 Å². The number of hydrogen-bond donors (Lipinski definition) is 2. The number of ether oxygens (including phenoxy) is 2. The molecule has 0 bridgehead atoms. The molecule has 4 heterocycles. The highest BCUT2D eigenvalue weighted by atomic mass is 16.5. The predicted octanol–water partition coefficient (Wildman–Crippen LogP) is 5.94. The van der Waals surface area contributed by atoms with Crippen molar-refractivity contribution in [1.82, 2.24) is 34.8 Å². The lowest BCUT2D eigenvalue weighted by atomic mass is 9.85. The molecule has 0 unspecified atom stereocenters. The zero-order chi connectivity index (χ0) is 34.3. The first-order valence-electron chi connectivity index (χ1n) is 17.4. The van der Waals surface area contributed by atoms with Crippen LogP contribution in [0.15, 0.2) is 48.7 Å². The van der Waals surface area contributed by atoms with E-state index in [1.54, 1.807) is 13.2 Å². The standard InChI is InChI=1S/C37H46N8O4/c1-36(2,3)30-19-31(40-33(39-30)28(46)11-8-18-44-20-24(21-44)48-5)41-35(47)38-27-13-14-29(26-10-7-6-9-25(26)27)49-23-12-15-32-42-43-34(45(32)22-23)37(4)16-17-37/h6-7,9-10,12,15,19,22,24,27,29H,8,11,13-14,16-18,20-21H2,1-5H3,(H2,38,39,40,41,47)/t27-,29+/m0/s1. The van der Waals surface area contributed by atoms with Gasteiger partial charge < -0.3 is 14.8 Å². The van der Waals surface area contributed by atoms with E-state index in [4.69, 9.17) is 9.47 Å². The summed E-state index contributed by atoms with van der Waals surface area (Å²) >= 11 is 0. The number of methoxy groups -OCH3 is 1. The fourth-order valence-corrected chi connectivity index (χ4v) is 6.71. The second kappa shape index (κ2) is 13.1. The van der Waals surface area contributed by atoms with E-state index in [0.717, 1.165) is 67.2 Å². The molecule has 0 radical (unpaired) electrons. The molecule has 2 N–H and O–H groups in total. The predicted molar refractivity (Wildman–Crippen MR) is 185 cm³/mol. The van der Waals surface area contributed by atoms with Gasteiger partial charge in [0, 0.05) is 43.5 Å². The Morgan fingerprint density at radius 3 is 2.53 bits per heavy atom. The van der Waals surface area contributed by atoms with Crippen LogP contribution in [0.5, 0.6) is 5.75 Å². The molecule has 2 atom stereocenters. The first kappa shape index (κ1) is 33.1. The fraction of sp³-hybridized carbons (Fsp3) is 0.514. The molecule has 1 saturated heterocycles. The zero-order valence-electron chi connectivity index (χ0n) is 29.0. The van der Waals surface area contributed by atoms with E-state index in [1.165, 1.54) is 0 Å². The SMILES string of the molecule is COC1CN(CCCC(=O)c2nc(NC(=O)N[C@H]3CC[C@@H](Oc4ccc5nnc(C6(C)CC6)n5c4)c4ccccc43)cc(C(C)(C)C)n2)C1. The molecule has 1 aliphatic heterocycles. The van der Waals surface area contributed by atoms with Crippen molar-refractivity contribution >= 4 is 23.3 Å². The zero-order valence-corrected chi connectivity index (χ0v) is 29.0. The van der Waals surface area contributed by atoms with Crippen LogP contribution in [0, 0.1) is 0 Å². The summed E-state index contributed by atoms with van der Waals surface area (Å²) in [5.74, 6) is 2.04. The number of carbonyl (C=O) groups excluding carboxylic acids is 2. The van der Waals surface area contributed by atoms with Crippen molar-refractivity contribution in [1.29, 1.82) is 0 Å². The molecule has 3 aliphatic rings. The van der Waals surface area contributed by atoms with Gasteiger partial charge in [0.2, 0.25) is 0 Å². The summed E-state index contributed by atoms with van der Waals surface area (Å²) in [6, 6.07) is 13.1. The summed E-state index contributed by atoms with van der Waals surface area (Å²) in [5.41, 5.74) is 3.29. The number of fused-ring (bicyclic) bond motifs is 2. The average molecular weight is 667 g/mol. The van der Waals surface area contributed by atoms with Crippen LogP contribution in [0.25, 0.3) is 5.65 Å². The van der Waals surface area contributed by atoms with Gasteiger partial charge in [-0.2, -0.15) is 0 Å². The topological polar surface area (TPSA) is 136 Å². The van der Waals surface area contributed by atoms with E-state index in [1.807, 2.05) is 61.7 Å². The van der Waals surface area contributed by atoms with Gasteiger partial charge in [-0.15, -0.1) is 10.2 Å². The fourth-order valence-electron chi connectivity index (χ4n) is 6.71. The number of nitrogens with one attached hydrogen (secondary N) is 2. The number of ketones is 1. The molecule has 1 saturated carbocycles. The Morgan fingerprint density at radius 2 is 1.80 bits per heavy atom. The molecule has 4 aromatic rings. The highest BCUT2D eigenvalue weighted by molar-refractivity contribution is 5.94. The molecule has 12 nitrogen and oxygen atoms in total. The second-order valence-corrected chi connectivity index (χ2v) is 15.0. The highest BCUT2D eigenvalue weighted by Crippen LogP contribution is 2.47. The number of pyridine rings is 1.